The van der Waals surface area contributed by atoms with Crippen LogP contribution in [0.15, 0.2) is 22.7 Å². The Kier molecular flexibility index (Phi) is 9.94. The highest BCUT2D eigenvalue weighted by Crippen LogP contribution is 2.19. The summed E-state index contributed by atoms with van der Waals surface area (Å²) in [6.45, 7) is 5.50. The average Bonchev–Trinajstić information content (AvgIpc) is 2.48. The van der Waals surface area contributed by atoms with Gasteiger partial charge >= 0.3 is 0 Å². The van der Waals surface area contributed by atoms with Gasteiger partial charge in [-0.05, 0) is 59.4 Å². The standard InChI is InChI=1S/C18H29BrFN/c1-3-5-6-7-8-9-16(21-12-4-2)13-15-10-11-18(20)17(19)14-15/h10-11,14,16,21H,3-9,12-13H2,1-2H3. The molecular formula is C18H29BrFN. The maximum Gasteiger partial charge on any atom is 0.137 e. The van der Waals surface area contributed by atoms with Gasteiger partial charge in [-0.1, -0.05) is 52.0 Å². The lowest BCUT2D eigenvalue weighted by Gasteiger charge is -2.19. The molecule has 0 fully saturated rings. The lowest BCUT2D eigenvalue weighted by molar-refractivity contribution is 0.451. The molecule has 0 aliphatic heterocycles. The van der Waals surface area contributed by atoms with E-state index in [9.17, 15) is 4.39 Å². The zero-order chi connectivity index (χ0) is 15.5. The highest BCUT2D eigenvalue weighted by molar-refractivity contribution is 9.10. The molecule has 0 radical (unpaired) electrons. The fraction of sp³-hybridized carbons (Fsp3) is 0.667. The molecule has 0 amide bonds. The molecule has 120 valence electrons. The summed E-state index contributed by atoms with van der Waals surface area (Å²) in [6.07, 6.45) is 9.93. The quantitative estimate of drug-likeness (QED) is 0.489. The molecule has 0 saturated carbocycles. The Labute approximate surface area is 137 Å². The molecule has 1 aromatic carbocycles. The van der Waals surface area contributed by atoms with Gasteiger partial charge in [-0.25, -0.2) is 4.39 Å². The smallest absolute Gasteiger partial charge is 0.137 e. The Balaban J connectivity index is 2.46. The largest absolute Gasteiger partial charge is 0.314 e. The molecule has 1 atom stereocenters. The molecule has 0 spiro atoms. The van der Waals surface area contributed by atoms with Crippen LogP contribution in [0.3, 0.4) is 0 Å². The van der Waals surface area contributed by atoms with E-state index in [4.69, 9.17) is 0 Å². The summed E-state index contributed by atoms with van der Waals surface area (Å²) in [5.74, 6) is -0.184. The van der Waals surface area contributed by atoms with Crippen molar-refractivity contribution < 1.29 is 4.39 Å². The van der Waals surface area contributed by atoms with Gasteiger partial charge in [-0.15, -0.1) is 0 Å². The van der Waals surface area contributed by atoms with Crippen LogP contribution >= 0.6 is 15.9 Å². The van der Waals surface area contributed by atoms with E-state index in [1.54, 1.807) is 6.07 Å². The van der Waals surface area contributed by atoms with E-state index in [-0.39, 0.29) is 5.82 Å². The first-order valence-electron chi connectivity index (χ1n) is 8.34. The van der Waals surface area contributed by atoms with Crippen molar-refractivity contribution in [3.63, 3.8) is 0 Å². The first kappa shape index (κ1) is 18.6. The molecule has 0 aliphatic carbocycles. The molecule has 1 nitrogen and oxygen atoms in total. The molecule has 0 aliphatic rings. The monoisotopic (exact) mass is 357 g/mol. The fourth-order valence-electron chi connectivity index (χ4n) is 2.57. The Morgan fingerprint density at radius 2 is 1.86 bits per heavy atom. The summed E-state index contributed by atoms with van der Waals surface area (Å²) in [4.78, 5) is 0. The highest BCUT2D eigenvalue weighted by Gasteiger charge is 2.10. The van der Waals surface area contributed by atoms with Crippen LogP contribution in [0.2, 0.25) is 0 Å². The van der Waals surface area contributed by atoms with Crippen LogP contribution in [-0.4, -0.2) is 12.6 Å². The molecule has 1 aromatic rings. The van der Waals surface area contributed by atoms with Gasteiger partial charge < -0.3 is 5.32 Å². The summed E-state index contributed by atoms with van der Waals surface area (Å²) < 4.78 is 13.9. The highest BCUT2D eigenvalue weighted by atomic mass is 79.9. The van der Waals surface area contributed by atoms with E-state index >= 15 is 0 Å². The third-order valence-corrected chi connectivity index (χ3v) is 4.41. The summed E-state index contributed by atoms with van der Waals surface area (Å²) in [6, 6.07) is 5.87. The third kappa shape index (κ3) is 7.96. The van der Waals surface area contributed by atoms with E-state index in [2.05, 4.69) is 35.1 Å². The Hall–Kier alpha value is -0.410. The van der Waals surface area contributed by atoms with Crippen LogP contribution in [0.4, 0.5) is 4.39 Å². The minimum atomic E-state index is -0.184. The van der Waals surface area contributed by atoms with E-state index in [1.165, 1.54) is 44.1 Å². The molecule has 0 saturated heterocycles. The van der Waals surface area contributed by atoms with Crippen LogP contribution in [0.1, 0.15) is 64.4 Å². The molecule has 21 heavy (non-hydrogen) atoms. The normalized spacial score (nSPS) is 12.6. The van der Waals surface area contributed by atoms with E-state index in [0.717, 1.165) is 19.4 Å². The zero-order valence-corrected chi connectivity index (χ0v) is 15.0. The second kappa shape index (κ2) is 11.2. The van der Waals surface area contributed by atoms with E-state index < -0.39 is 0 Å². The van der Waals surface area contributed by atoms with Crippen molar-refractivity contribution in [2.45, 2.75) is 71.3 Å². The second-order valence-electron chi connectivity index (χ2n) is 5.81. The van der Waals surface area contributed by atoms with Crippen molar-refractivity contribution in [1.29, 1.82) is 0 Å². The minimum Gasteiger partial charge on any atom is -0.314 e. The molecule has 3 heteroatoms. The summed E-state index contributed by atoms with van der Waals surface area (Å²) in [5, 5.41) is 3.63. The third-order valence-electron chi connectivity index (χ3n) is 3.81. The number of rotatable bonds is 11. The molecular weight excluding hydrogens is 329 g/mol. The van der Waals surface area contributed by atoms with Gasteiger partial charge in [0, 0.05) is 6.04 Å². The van der Waals surface area contributed by atoms with E-state index in [1.807, 2.05) is 12.1 Å². The van der Waals surface area contributed by atoms with Crippen LogP contribution in [-0.2, 0) is 6.42 Å². The lowest BCUT2D eigenvalue weighted by atomic mass is 9.99. The Bertz CT molecular complexity index is 395. The maximum absolute atomic E-state index is 13.3. The number of benzene rings is 1. The van der Waals surface area contributed by atoms with Gasteiger partial charge in [-0.2, -0.15) is 0 Å². The van der Waals surface area contributed by atoms with Crippen LogP contribution in [0.5, 0.6) is 0 Å². The van der Waals surface area contributed by atoms with Gasteiger partial charge in [0.2, 0.25) is 0 Å². The summed E-state index contributed by atoms with van der Waals surface area (Å²) >= 11 is 3.27. The summed E-state index contributed by atoms with van der Waals surface area (Å²) in [7, 11) is 0. The molecule has 1 unspecified atom stereocenters. The SMILES string of the molecule is CCCCCCCC(Cc1ccc(F)c(Br)c1)NCCC. The van der Waals surface area contributed by atoms with Crippen molar-refractivity contribution in [3.8, 4) is 0 Å². The number of hydrogen-bond acceptors (Lipinski definition) is 1. The first-order valence-corrected chi connectivity index (χ1v) is 9.14. The molecule has 0 heterocycles. The summed E-state index contributed by atoms with van der Waals surface area (Å²) in [5.41, 5.74) is 1.20. The predicted molar refractivity (Wildman–Crippen MR) is 93.3 cm³/mol. The molecule has 0 bridgehead atoms. The predicted octanol–water partition coefficient (Wildman–Crippen LogP) is 5.86. The Morgan fingerprint density at radius 3 is 2.52 bits per heavy atom. The lowest BCUT2D eigenvalue weighted by Crippen LogP contribution is -2.31. The van der Waals surface area contributed by atoms with Crippen molar-refractivity contribution in [3.05, 3.63) is 34.1 Å². The van der Waals surface area contributed by atoms with Crippen molar-refractivity contribution in [2.24, 2.45) is 0 Å². The second-order valence-corrected chi connectivity index (χ2v) is 6.66. The van der Waals surface area contributed by atoms with Gasteiger partial charge in [0.1, 0.15) is 5.82 Å². The molecule has 1 N–H and O–H groups in total. The molecule has 0 aromatic heterocycles. The number of unbranched alkanes of at least 4 members (excludes halogenated alkanes) is 4. The van der Waals surface area contributed by atoms with E-state index in [0.29, 0.717) is 10.5 Å². The van der Waals surface area contributed by atoms with Gasteiger partial charge in [0.05, 0.1) is 4.47 Å². The fourth-order valence-corrected chi connectivity index (χ4v) is 3.00. The van der Waals surface area contributed by atoms with Crippen molar-refractivity contribution >= 4 is 15.9 Å². The molecule has 1 rings (SSSR count). The van der Waals surface area contributed by atoms with Crippen molar-refractivity contribution in [2.75, 3.05) is 6.54 Å². The number of halogens is 2. The van der Waals surface area contributed by atoms with Crippen LogP contribution in [0.25, 0.3) is 0 Å². The maximum atomic E-state index is 13.3. The van der Waals surface area contributed by atoms with Crippen LogP contribution in [0, 0.1) is 5.82 Å². The first-order chi connectivity index (χ1) is 10.2. The average molecular weight is 358 g/mol. The minimum absolute atomic E-state index is 0.184. The zero-order valence-electron chi connectivity index (χ0n) is 13.4. The van der Waals surface area contributed by atoms with Gasteiger partial charge in [0.25, 0.3) is 0 Å². The van der Waals surface area contributed by atoms with Crippen LogP contribution < -0.4 is 5.32 Å². The van der Waals surface area contributed by atoms with Gasteiger partial charge in [-0.3, -0.25) is 0 Å². The number of hydrogen-bond donors (Lipinski definition) is 1. The van der Waals surface area contributed by atoms with Gasteiger partial charge in [0.15, 0.2) is 0 Å². The topological polar surface area (TPSA) is 12.0 Å². The van der Waals surface area contributed by atoms with Crippen molar-refractivity contribution in [1.82, 2.24) is 5.32 Å². The number of nitrogens with one attached hydrogen (secondary N) is 1. The Morgan fingerprint density at radius 1 is 1.10 bits per heavy atom.